The van der Waals surface area contributed by atoms with Gasteiger partial charge in [-0.25, -0.2) is 0 Å². The van der Waals surface area contributed by atoms with Gasteiger partial charge in [0.1, 0.15) is 5.60 Å². The second-order valence-corrected chi connectivity index (χ2v) is 5.08. The first-order valence-electron chi connectivity index (χ1n) is 6.69. The van der Waals surface area contributed by atoms with E-state index in [0.29, 0.717) is 0 Å². The molecule has 1 aliphatic heterocycles. The fraction of sp³-hybridized carbons (Fsp3) is 0.500. The predicted molar refractivity (Wildman–Crippen MR) is 74.1 cm³/mol. The highest BCUT2D eigenvalue weighted by molar-refractivity contribution is 5.30. The summed E-state index contributed by atoms with van der Waals surface area (Å²) in [4.78, 5) is 2.36. The molecule has 0 saturated carbocycles. The van der Waals surface area contributed by atoms with Gasteiger partial charge in [0.2, 0.25) is 0 Å². The van der Waals surface area contributed by atoms with E-state index in [-0.39, 0.29) is 0 Å². The van der Waals surface area contributed by atoms with Crippen LogP contribution in [0.1, 0.15) is 31.7 Å². The zero-order chi connectivity index (χ0) is 12.8. The minimum absolute atomic E-state index is 0.767. The Morgan fingerprint density at radius 3 is 2.50 bits per heavy atom. The standard InChI is InChI=1S/C16H21NO/c1-16(18,15-9-4-2-5-10-15)11-8-14-17-12-6-3-7-13-17/h2,4-5,9-10,18H,3,6-7,12-14H2,1H3/t16-/m1/s1. The van der Waals surface area contributed by atoms with Crippen LogP contribution in [0.2, 0.25) is 0 Å². The second kappa shape index (κ2) is 6.04. The van der Waals surface area contributed by atoms with Crippen LogP contribution >= 0.6 is 0 Å². The molecule has 0 bridgehead atoms. The number of hydrogen-bond donors (Lipinski definition) is 1. The summed E-state index contributed by atoms with van der Waals surface area (Å²) in [7, 11) is 0. The van der Waals surface area contributed by atoms with E-state index in [1.54, 1.807) is 6.92 Å². The normalized spacial score (nSPS) is 19.7. The Hall–Kier alpha value is -1.30. The van der Waals surface area contributed by atoms with Crippen molar-refractivity contribution in [1.82, 2.24) is 4.90 Å². The summed E-state index contributed by atoms with van der Waals surface area (Å²) >= 11 is 0. The summed E-state index contributed by atoms with van der Waals surface area (Å²) in [6, 6.07) is 9.62. The third-order valence-electron chi connectivity index (χ3n) is 3.42. The summed E-state index contributed by atoms with van der Waals surface area (Å²) in [5, 5.41) is 10.3. The summed E-state index contributed by atoms with van der Waals surface area (Å²) < 4.78 is 0. The van der Waals surface area contributed by atoms with Crippen LogP contribution in [-0.4, -0.2) is 29.6 Å². The van der Waals surface area contributed by atoms with Crippen molar-refractivity contribution in [2.75, 3.05) is 19.6 Å². The highest BCUT2D eigenvalue weighted by Gasteiger charge is 2.19. The Morgan fingerprint density at radius 1 is 1.17 bits per heavy atom. The molecule has 1 saturated heterocycles. The molecule has 96 valence electrons. The van der Waals surface area contributed by atoms with Crippen molar-refractivity contribution in [2.45, 2.75) is 31.8 Å². The molecule has 0 unspecified atom stereocenters. The number of aliphatic hydroxyl groups is 1. The maximum absolute atomic E-state index is 10.3. The molecule has 1 atom stereocenters. The van der Waals surface area contributed by atoms with Crippen molar-refractivity contribution in [1.29, 1.82) is 0 Å². The first-order valence-corrected chi connectivity index (χ1v) is 6.69. The van der Waals surface area contributed by atoms with Crippen molar-refractivity contribution in [3.05, 3.63) is 35.9 Å². The first kappa shape index (κ1) is 13.1. The molecule has 0 aliphatic carbocycles. The third kappa shape index (κ3) is 3.60. The van der Waals surface area contributed by atoms with Crippen LogP contribution in [-0.2, 0) is 5.60 Å². The van der Waals surface area contributed by atoms with Gasteiger partial charge in [-0.2, -0.15) is 0 Å². The molecule has 2 rings (SSSR count). The van der Waals surface area contributed by atoms with Gasteiger partial charge in [0, 0.05) is 0 Å². The number of rotatable bonds is 2. The lowest BCUT2D eigenvalue weighted by Crippen LogP contribution is -2.30. The average Bonchev–Trinajstić information content (AvgIpc) is 2.41. The molecule has 1 N–H and O–H groups in total. The fourth-order valence-corrected chi connectivity index (χ4v) is 2.28. The molecule has 1 aliphatic rings. The van der Waals surface area contributed by atoms with Crippen LogP contribution in [0.5, 0.6) is 0 Å². The van der Waals surface area contributed by atoms with E-state index < -0.39 is 5.60 Å². The van der Waals surface area contributed by atoms with Gasteiger partial charge in [0.15, 0.2) is 0 Å². The SMILES string of the molecule is C[C@@](O)(C#CCN1CCCCC1)c1ccccc1. The van der Waals surface area contributed by atoms with E-state index in [2.05, 4.69) is 16.7 Å². The van der Waals surface area contributed by atoms with Crippen LogP contribution < -0.4 is 0 Å². The molecular formula is C16H21NO. The molecule has 0 radical (unpaired) electrons. The zero-order valence-electron chi connectivity index (χ0n) is 11.0. The van der Waals surface area contributed by atoms with Crippen LogP contribution in [0.3, 0.4) is 0 Å². The molecular weight excluding hydrogens is 222 g/mol. The third-order valence-corrected chi connectivity index (χ3v) is 3.42. The number of likely N-dealkylation sites (tertiary alicyclic amines) is 1. The number of piperidine rings is 1. The van der Waals surface area contributed by atoms with E-state index in [9.17, 15) is 5.11 Å². The fourth-order valence-electron chi connectivity index (χ4n) is 2.28. The molecule has 1 aromatic rings. The summed E-state index contributed by atoms with van der Waals surface area (Å²) in [5.74, 6) is 6.11. The lowest BCUT2D eigenvalue weighted by atomic mass is 9.97. The van der Waals surface area contributed by atoms with Crippen molar-refractivity contribution in [3.8, 4) is 11.8 Å². The van der Waals surface area contributed by atoms with Gasteiger partial charge in [0.05, 0.1) is 6.54 Å². The Morgan fingerprint density at radius 2 is 1.83 bits per heavy atom. The van der Waals surface area contributed by atoms with Crippen LogP contribution in [0, 0.1) is 11.8 Å². The van der Waals surface area contributed by atoms with Gasteiger partial charge in [-0.3, -0.25) is 4.90 Å². The molecule has 1 aromatic carbocycles. The minimum atomic E-state index is -1.04. The number of nitrogens with zero attached hydrogens (tertiary/aromatic N) is 1. The molecule has 2 nitrogen and oxygen atoms in total. The maximum Gasteiger partial charge on any atom is 0.148 e. The maximum atomic E-state index is 10.3. The Labute approximate surface area is 110 Å². The van der Waals surface area contributed by atoms with E-state index in [4.69, 9.17) is 0 Å². The van der Waals surface area contributed by atoms with Crippen molar-refractivity contribution >= 4 is 0 Å². The highest BCUT2D eigenvalue weighted by Crippen LogP contribution is 2.18. The lowest BCUT2D eigenvalue weighted by Gasteiger charge is -2.24. The van der Waals surface area contributed by atoms with Crippen LogP contribution in [0.4, 0.5) is 0 Å². The summed E-state index contributed by atoms with van der Waals surface area (Å²) in [5.41, 5.74) is -0.187. The largest absolute Gasteiger partial charge is 0.374 e. The molecule has 1 fully saturated rings. The van der Waals surface area contributed by atoms with Gasteiger partial charge in [-0.1, -0.05) is 48.6 Å². The molecule has 2 heteroatoms. The summed E-state index contributed by atoms with van der Waals surface area (Å²) in [6.45, 7) is 4.80. The first-order chi connectivity index (χ1) is 8.68. The monoisotopic (exact) mass is 243 g/mol. The quantitative estimate of drug-likeness (QED) is 0.806. The highest BCUT2D eigenvalue weighted by atomic mass is 16.3. The zero-order valence-corrected chi connectivity index (χ0v) is 11.0. The topological polar surface area (TPSA) is 23.5 Å². The predicted octanol–water partition coefficient (Wildman–Crippen LogP) is 2.38. The molecule has 1 heterocycles. The van der Waals surface area contributed by atoms with Gasteiger partial charge in [0.25, 0.3) is 0 Å². The lowest BCUT2D eigenvalue weighted by molar-refractivity contribution is 0.122. The average molecular weight is 243 g/mol. The molecule has 0 aromatic heterocycles. The van der Waals surface area contributed by atoms with Gasteiger partial charge in [-0.05, 0) is 38.4 Å². The van der Waals surface area contributed by atoms with Gasteiger partial charge >= 0.3 is 0 Å². The van der Waals surface area contributed by atoms with Crippen molar-refractivity contribution in [3.63, 3.8) is 0 Å². The van der Waals surface area contributed by atoms with Gasteiger partial charge < -0.3 is 5.11 Å². The van der Waals surface area contributed by atoms with E-state index in [1.165, 1.54) is 19.3 Å². The Kier molecular flexibility index (Phi) is 4.41. The van der Waals surface area contributed by atoms with Crippen LogP contribution in [0.25, 0.3) is 0 Å². The minimum Gasteiger partial charge on any atom is -0.374 e. The van der Waals surface area contributed by atoms with E-state index in [1.807, 2.05) is 30.3 Å². The van der Waals surface area contributed by atoms with Crippen molar-refractivity contribution < 1.29 is 5.11 Å². The Balaban J connectivity index is 1.95. The van der Waals surface area contributed by atoms with E-state index in [0.717, 1.165) is 25.2 Å². The number of hydrogen-bond acceptors (Lipinski definition) is 2. The molecule has 18 heavy (non-hydrogen) atoms. The smallest absolute Gasteiger partial charge is 0.148 e. The second-order valence-electron chi connectivity index (χ2n) is 5.08. The molecule has 0 amide bonds. The van der Waals surface area contributed by atoms with E-state index >= 15 is 0 Å². The van der Waals surface area contributed by atoms with Gasteiger partial charge in [-0.15, -0.1) is 0 Å². The summed E-state index contributed by atoms with van der Waals surface area (Å²) in [6.07, 6.45) is 3.89. The molecule has 0 spiro atoms. The Bertz CT molecular complexity index is 421. The van der Waals surface area contributed by atoms with Crippen LogP contribution in [0.15, 0.2) is 30.3 Å². The van der Waals surface area contributed by atoms with Crippen molar-refractivity contribution in [2.24, 2.45) is 0 Å². The number of benzene rings is 1.